The smallest absolute Gasteiger partial charge is 0.253 e. The number of aromatic nitrogens is 4. The lowest BCUT2D eigenvalue weighted by Crippen LogP contribution is -2.60. The molecule has 2 aromatic heterocycles. The number of amides is 2. The largest absolute Gasteiger partial charge is 0.493 e. The van der Waals surface area contributed by atoms with Crippen molar-refractivity contribution in [3.63, 3.8) is 0 Å². The summed E-state index contributed by atoms with van der Waals surface area (Å²) < 4.78 is 18.7. The van der Waals surface area contributed by atoms with Crippen LogP contribution in [0.4, 0.5) is 11.6 Å². The van der Waals surface area contributed by atoms with Gasteiger partial charge < -0.3 is 30.2 Å². The summed E-state index contributed by atoms with van der Waals surface area (Å²) >= 11 is 0. The third-order valence-corrected chi connectivity index (χ3v) is 6.49. The van der Waals surface area contributed by atoms with E-state index < -0.39 is 6.10 Å². The van der Waals surface area contributed by atoms with Gasteiger partial charge in [-0.25, -0.2) is 4.98 Å². The summed E-state index contributed by atoms with van der Waals surface area (Å²) in [5.41, 5.74) is 7.14. The number of likely N-dealkylation sites (tertiary alicyclic amines) is 1. The van der Waals surface area contributed by atoms with E-state index in [1.54, 1.807) is 17.2 Å². The minimum atomic E-state index is -0.676. The van der Waals surface area contributed by atoms with Gasteiger partial charge in [-0.2, -0.15) is 10.1 Å². The summed E-state index contributed by atoms with van der Waals surface area (Å²) in [4.78, 5) is 35.0. The van der Waals surface area contributed by atoms with Gasteiger partial charge in [0, 0.05) is 43.4 Å². The fourth-order valence-corrected chi connectivity index (χ4v) is 4.47. The number of ether oxygens (including phenoxy) is 3. The molecule has 2 atom stereocenters. The minimum absolute atomic E-state index is 0.0386. The summed E-state index contributed by atoms with van der Waals surface area (Å²) in [7, 11) is 0. The van der Waals surface area contributed by atoms with Crippen molar-refractivity contribution >= 4 is 23.5 Å². The summed E-state index contributed by atoms with van der Waals surface area (Å²) in [6.07, 6.45) is 4.00. The number of carbonyl (C=O) groups excluding carboxylic acids is 2. The van der Waals surface area contributed by atoms with Crippen molar-refractivity contribution in [2.75, 3.05) is 37.4 Å². The molecule has 0 spiro atoms. The quantitative estimate of drug-likeness (QED) is 0.429. The molecule has 3 aromatic rings. The number of aryl methyl sites for hydroxylation is 1. The third kappa shape index (κ3) is 6.20. The molecule has 200 valence electrons. The summed E-state index contributed by atoms with van der Waals surface area (Å²) in [5.74, 6) is 0.926. The first-order valence-electron chi connectivity index (χ1n) is 12.4. The second-order valence-electron chi connectivity index (χ2n) is 10.1. The van der Waals surface area contributed by atoms with Crippen LogP contribution in [0.25, 0.3) is 0 Å². The van der Waals surface area contributed by atoms with Crippen molar-refractivity contribution in [3.05, 3.63) is 54.5 Å². The zero-order chi connectivity index (χ0) is 26.7. The predicted molar refractivity (Wildman–Crippen MR) is 137 cm³/mol. The SMILES string of the molecule is Cc1ccc(OCC2(C)CN(C(=O)Cn3cc(NC(=O)[C@H]4C[C@H](Oc5ccnc(N)n5)CO4)cn3)C2)cc1. The molecule has 4 heterocycles. The van der Waals surface area contributed by atoms with E-state index in [0.29, 0.717) is 37.7 Å². The molecule has 2 aliphatic rings. The van der Waals surface area contributed by atoms with Crippen LogP contribution < -0.4 is 20.5 Å². The number of nitrogens with zero attached hydrogens (tertiary/aromatic N) is 5. The van der Waals surface area contributed by atoms with Crippen LogP contribution in [-0.2, 0) is 20.9 Å². The van der Waals surface area contributed by atoms with E-state index in [4.69, 9.17) is 19.9 Å². The number of carbonyl (C=O) groups is 2. The highest BCUT2D eigenvalue weighted by Crippen LogP contribution is 2.31. The van der Waals surface area contributed by atoms with Gasteiger partial charge in [0.05, 0.1) is 25.1 Å². The van der Waals surface area contributed by atoms with Crippen molar-refractivity contribution in [2.24, 2.45) is 5.41 Å². The van der Waals surface area contributed by atoms with E-state index in [0.717, 1.165) is 5.75 Å². The molecule has 1 aromatic carbocycles. The highest BCUT2D eigenvalue weighted by molar-refractivity contribution is 5.94. The van der Waals surface area contributed by atoms with Gasteiger partial charge in [0.25, 0.3) is 5.91 Å². The van der Waals surface area contributed by atoms with Crippen LogP contribution in [0, 0.1) is 12.3 Å². The average molecular weight is 522 g/mol. The zero-order valence-corrected chi connectivity index (χ0v) is 21.4. The van der Waals surface area contributed by atoms with Gasteiger partial charge in [-0.05, 0) is 19.1 Å². The van der Waals surface area contributed by atoms with Gasteiger partial charge in [0.15, 0.2) is 0 Å². The van der Waals surface area contributed by atoms with Crippen LogP contribution in [0.15, 0.2) is 48.9 Å². The van der Waals surface area contributed by atoms with Crippen LogP contribution in [0.1, 0.15) is 18.9 Å². The molecule has 0 radical (unpaired) electrons. The Morgan fingerprint density at radius 3 is 2.79 bits per heavy atom. The molecule has 2 aliphatic heterocycles. The van der Waals surface area contributed by atoms with Gasteiger partial charge >= 0.3 is 0 Å². The van der Waals surface area contributed by atoms with Crippen molar-refractivity contribution in [2.45, 2.75) is 39.0 Å². The normalized spacial score (nSPS) is 20.0. The van der Waals surface area contributed by atoms with Gasteiger partial charge in [0.2, 0.25) is 17.7 Å². The Morgan fingerprint density at radius 2 is 2.03 bits per heavy atom. The van der Waals surface area contributed by atoms with Crippen LogP contribution in [0.5, 0.6) is 11.6 Å². The molecule has 5 rings (SSSR count). The van der Waals surface area contributed by atoms with Crippen molar-refractivity contribution < 1.29 is 23.8 Å². The first kappa shape index (κ1) is 25.5. The lowest BCUT2D eigenvalue weighted by Gasteiger charge is -2.47. The number of nitrogens with one attached hydrogen (secondary N) is 1. The number of nitrogens with two attached hydrogens (primary N) is 1. The topological polar surface area (TPSA) is 147 Å². The molecule has 2 amide bonds. The maximum absolute atomic E-state index is 12.7. The second kappa shape index (κ2) is 10.7. The van der Waals surface area contributed by atoms with E-state index in [1.165, 1.54) is 22.6 Å². The minimum Gasteiger partial charge on any atom is -0.493 e. The third-order valence-electron chi connectivity index (χ3n) is 6.49. The van der Waals surface area contributed by atoms with E-state index in [1.807, 2.05) is 31.2 Å². The van der Waals surface area contributed by atoms with Crippen molar-refractivity contribution in [3.8, 4) is 11.6 Å². The fraction of sp³-hybridized carbons (Fsp3) is 0.423. The first-order valence-corrected chi connectivity index (χ1v) is 12.4. The molecule has 2 fully saturated rings. The number of anilines is 2. The van der Waals surface area contributed by atoms with Crippen LogP contribution in [-0.4, -0.2) is 75.0 Å². The van der Waals surface area contributed by atoms with E-state index in [9.17, 15) is 9.59 Å². The lowest BCUT2D eigenvalue weighted by atomic mass is 9.83. The standard InChI is InChI=1S/C26H31N7O5/c1-17-3-5-19(6-4-17)37-16-26(2)14-32(15-26)23(34)12-33-11-18(10-29-33)30-24(35)21-9-20(13-36-21)38-22-7-8-28-25(27)31-22/h3-8,10-11,20-21H,9,12-16H2,1-2H3,(H,30,35)(H2,27,28,31)/t20-,21+/m0/s1. The first-order chi connectivity index (χ1) is 18.2. The molecule has 12 heteroatoms. The molecule has 0 aliphatic carbocycles. The monoisotopic (exact) mass is 521 g/mol. The summed E-state index contributed by atoms with van der Waals surface area (Å²) in [6.45, 7) is 6.25. The Labute approximate surface area is 220 Å². The molecular weight excluding hydrogens is 490 g/mol. The summed E-state index contributed by atoms with van der Waals surface area (Å²) in [6, 6.07) is 9.53. The van der Waals surface area contributed by atoms with Crippen LogP contribution in [0.2, 0.25) is 0 Å². The Morgan fingerprint density at radius 1 is 1.24 bits per heavy atom. The molecule has 12 nitrogen and oxygen atoms in total. The van der Waals surface area contributed by atoms with E-state index in [2.05, 4.69) is 27.3 Å². The van der Waals surface area contributed by atoms with Crippen molar-refractivity contribution in [1.29, 1.82) is 0 Å². The second-order valence-corrected chi connectivity index (χ2v) is 10.1. The Bertz CT molecular complexity index is 1290. The molecule has 38 heavy (non-hydrogen) atoms. The highest BCUT2D eigenvalue weighted by atomic mass is 16.6. The zero-order valence-electron chi connectivity index (χ0n) is 21.4. The molecule has 0 unspecified atom stereocenters. The average Bonchev–Trinajstić information content (AvgIpc) is 3.51. The maximum atomic E-state index is 12.7. The highest BCUT2D eigenvalue weighted by Gasteiger charge is 2.42. The Kier molecular flexibility index (Phi) is 7.14. The van der Waals surface area contributed by atoms with Crippen molar-refractivity contribution in [1.82, 2.24) is 24.6 Å². The van der Waals surface area contributed by atoms with E-state index >= 15 is 0 Å². The molecular formula is C26H31N7O5. The molecule has 0 bridgehead atoms. The Balaban J connectivity index is 1.04. The van der Waals surface area contributed by atoms with Gasteiger partial charge in [-0.1, -0.05) is 24.6 Å². The van der Waals surface area contributed by atoms with Crippen LogP contribution in [0.3, 0.4) is 0 Å². The number of hydrogen-bond acceptors (Lipinski definition) is 9. The van der Waals surface area contributed by atoms with Gasteiger partial charge in [-0.3, -0.25) is 14.3 Å². The van der Waals surface area contributed by atoms with E-state index in [-0.39, 0.29) is 42.4 Å². The summed E-state index contributed by atoms with van der Waals surface area (Å²) in [5, 5.41) is 7.00. The van der Waals surface area contributed by atoms with Crippen LogP contribution >= 0.6 is 0 Å². The fourth-order valence-electron chi connectivity index (χ4n) is 4.47. The predicted octanol–water partition coefficient (Wildman–Crippen LogP) is 1.67. The maximum Gasteiger partial charge on any atom is 0.253 e. The molecule has 2 saturated heterocycles. The number of benzene rings is 1. The van der Waals surface area contributed by atoms with Gasteiger partial charge in [-0.15, -0.1) is 0 Å². The number of nitrogen functional groups attached to an aromatic ring is 1. The van der Waals surface area contributed by atoms with Gasteiger partial charge in [0.1, 0.15) is 24.5 Å². The lowest BCUT2D eigenvalue weighted by molar-refractivity contribution is -0.145. The molecule has 3 N–H and O–H groups in total. The number of rotatable bonds is 9. The number of hydrogen-bond donors (Lipinski definition) is 2. The molecule has 0 saturated carbocycles. The Hall–Kier alpha value is -4.19.